The Balaban J connectivity index is 1.94. The second kappa shape index (κ2) is 6.45. The van der Waals surface area contributed by atoms with Crippen LogP contribution in [0.15, 0.2) is 47.1 Å². The van der Waals surface area contributed by atoms with Crippen LogP contribution in [0.25, 0.3) is 6.08 Å². The van der Waals surface area contributed by atoms with Crippen LogP contribution in [0.5, 0.6) is 0 Å². The molecule has 1 amide bonds. The molecule has 2 rings (SSSR count). The molecule has 0 unspecified atom stereocenters. The standard InChI is InChI=1S/C14H11Cl2NO2/c15-12-5-1-3-10(14(12)16)6-7-13(18)17-9-11-4-2-8-19-11/h1-8H,9H2,(H,17,18). The average Bonchev–Trinajstić information content (AvgIpc) is 2.91. The summed E-state index contributed by atoms with van der Waals surface area (Å²) in [4.78, 5) is 11.6. The molecule has 0 spiro atoms. The van der Waals surface area contributed by atoms with Crippen LogP contribution in [0, 0.1) is 0 Å². The van der Waals surface area contributed by atoms with Gasteiger partial charge >= 0.3 is 0 Å². The molecule has 0 radical (unpaired) electrons. The Labute approximate surface area is 120 Å². The minimum absolute atomic E-state index is 0.229. The van der Waals surface area contributed by atoms with Crippen molar-refractivity contribution >= 4 is 35.2 Å². The van der Waals surface area contributed by atoms with Crippen LogP contribution >= 0.6 is 23.2 Å². The van der Waals surface area contributed by atoms with E-state index in [0.29, 0.717) is 27.9 Å². The molecule has 1 heterocycles. The molecular formula is C14H11Cl2NO2. The third kappa shape index (κ3) is 3.88. The average molecular weight is 296 g/mol. The number of furan rings is 1. The van der Waals surface area contributed by atoms with E-state index in [2.05, 4.69) is 5.32 Å². The minimum Gasteiger partial charge on any atom is -0.467 e. The fourth-order valence-electron chi connectivity index (χ4n) is 1.46. The highest BCUT2D eigenvalue weighted by Crippen LogP contribution is 2.26. The van der Waals surface area contributed by atoms with Crippen LogP contribution < -0.4 is 5.32 Å². The van der Waals surface area contributed by atoms with Gasteiger partial charge in [-0.3, -0.25) is 4.79 Å². The summed E-state index contributed by atoms with van der Waals surface area (Å²) in [6.07, 6.45) is 4.58. The van der Waals surface area contributed by atoms with Crippen molar-refractivity contribution in [3.8, 4) is 0 Å². The Morgan fingerprint density at radius 3 is 2.84 bits per heavy atom. The lowest BCUT2D eigenvalue weighted by molar-refractivity contribution is -0.116. The van der Waals surface area contributed by atoms with Crippen LogP contribution in [-0.4, -0.2) is 5.91 Å². The van der Waals surface area contributed by atoms with E-state index in [4.69, 9.17) is 27.6 Å². The summed E-state index contributed by atoms with van der Waals surface area (Å²) in [7, 11) is 0. The first-order valence-electron chi connectivity index (χ1n) is 5.59. The van der Waals surface area contributed by atoms with E-state index in [-0.39, 0.29) is 5.91 Å². The predicted octanol–water partition coefficient (Wildman–Crippen LogP) is 3.92. The largest absolute Gasteiger partial charge is 0.467 e. The summed E-state index contributed by atoms with van der Waals surface area (Å²) >= 11 is 11.9. The number of hydrogen-bond acceptors (Lipinski definition) is 2. The Hall–Kier alpha value is -1.71. The zero-order chi connectivity index (χ0) is 13.7. The quantitative estimate of drug-likeness (QED) is 0.869. The summed E-state index contributed by atoms with van der Waals surface area (Å²) in [5.74, 6) is 0.468. The highest BCUT2D eigenvalue weighted by molar-refractivity contribution is 6.42. The van der Waals surface area contributed by atoms with Crippen molar-refractivity contribution in [2.24, 2.45) is 0 Å². The molecule has 1 aromatic carbocycles. The molecule has 0 atom stereocenters. The van der Waals surface area contributed by atoms with Gasteiger partial charge in [0.1, 0.15) is 5.76 Å². The van der Waals surface area contributed by atoms with E-state index in [9.17, 15) is 4.79 Å². The SMILES string of the molecule is O=C(C=Cc1cccc(Cl)c1Cl)NCc1ccco1. The maximum atomic E-state index is 11.6. The van der Waals surface area contributed by atoms with Crippen molar-refractivity contribution in [1.82, 2.24) is 5.32 Å². The fourth-order valence-corrected chi connectivity index (χ4v) is 1.83. The third-order valence-corrected chi connectivity index (χ3v) is 3.25. The van der Waals surface area contributed by atoms with E-state index in [1.54, 1.807) is 42.7 Å². The molecule has 0 aliphatic rings. The first-order valence-corrected chi connectivity index (χ1v) is 6.34. The lowest BCUT2D eigenvalue weighted by atomic mass is 10.2. The van der Waals surface area contributed by atoms with E-state index < -0.39 is 0 Å². The maximum Gasteiger partial charge on any atom is 0.244 e. The van der Waals surface area contributed by atoms with Crippen LogP contribution in [0.1, 0.15) is 11.3 Å². The number of hydrogen-bond donors (Lipinski definition) is 1. The molecule has 0 aliphatic carbocycles. The van der Waals surface area contributed by atoms with Crippen molar-refractivity contribution in [2.75, 3.05) is 0 Å². The number of carbonyl (C=O) groups is 1. The van der Waals surface area contributed by atoms with Crippen LogP contribution in [-0.2, 0) is 11.3 Å². The summed E-state index contributed by atoms with van der Waals surface area (Å²) in [6.45, 7) is 0.347. The molecular weight excluding hydrogens is 285 g/mol. The molecule has 0 saturated heterocycles. The van der Waals surface area contributed by atoms with E-state index in [1.807, 2.05) is 0 Å². The summed E-state index contributed by atoms with van der Waals surface area (Å²) in [5.41, 5.74) is 0.697. The van der Waals surface area contributed by atoms with Gasteiger partial charge in [-0.25, -0.2) is 0 Å². The molecule has 3 nitrogen and oxygen atoms in total. The molecule has 1 aromatic heterocycles. The Morgan fingerprint density at radius 1 is 1.26 bits per heavy atom. The predicted molar refractivity (Wildman–Crippen MR) is 76.1 cm³/mol. The Kier molecular flexibility index (Phi) is 4.66. The van der Waals surface area contributed by atoms with Gasteiger partial charge < -0.3 is 9.73 Å². The number of benzene rings is 1. The fraction of sp³-hybridized carbons (Fsp3) is 0.0714. The van der Waals surface area contributed by atoms with Gasteiger partial charge in [-0.2, -0.15) is 0 Å². The van der Waals surface area contributed by atoms with Crippen molar-refractivity contribution in [3.63, 3.8) is 0 Å². The molecule has 5 heteroatoms. The first kappa shape index (κ1) is 13.7. The van der Waals surface area contributed by atoms with Gasteiger partial charge in [-0.15, -0.1) is 0 Å². The van der Waals surface area contributed by atoms with Gasteiger partial charge in [0.2, 0.25) is 5.91 Å². The molecule has 0 aliphatic heterocycles. The summed E-state index contributed by atoms with van der Waals surface area (Å²) in [5, 5.41) is 3.58. The third-order valence-electron chi connectivity index (χ3n) is 2.41. The summed E-state index contributed by atoms with van der Waals surface area (Å²) < 4.78 is 5.10. The van der Waals surface area contributed by atoms with Crippen LogP contribution in [0.2, 0.25) is 10.0 Å². The Morgan fingerprint density at radius 2 is 2.11 bits per heavy atom. The zero-order valence-corrected chi connectivity index (χ0v) is 11.4. The van der Waals surface area contributed by atoms with Crippen molar-refractivity contribution in [1.29, 1.82) is 0 Å². The monoisotopic (exact) mass is 295 g/mol. The lowest BCUT2D eigenvalue weighted by Crippen LogP contribution is -2.19. The van der Waals surface area contributed by atoms with Gasteiger partial charge in [-0.05, 0) is 29.8 Å². The lowest BCUT2D eigenvalue weighted by Gasteiger charge is -2.01. The van der Waals surface area contributed by atoms with Gasteiger partial charge in [0.05, 0.1) is 22.9 Å². The Bertz CT molecular complexity index is 591. The molecule has 98 valence electrons. The molecule has 1 N–H and O–H groups in total. The molecule has 0 bridgehead atoms. The number of amides is 1. The molecule has 0 fully saturated rings. The molecule has 19 heavy (non-hydrogen) atoms. The van der Waals surface area contributed by atoms with Gasteiger partial charge in [0.25, 0.3) is 0 Å². The van der Waals surface area contributed by atoms with Gasteiger partial charge in [0, 0.05) is 6.08 Å². The molecule has 2 aromatic rings. The second-order valence-corrected chi connectivity index (χ2v) is 4.56. The normalized spacial score (nSPS) is 10.8. The number of carbonyl (C=O) groups excluding carboxylic acids is 1. The van der Waals surface area contributed by atoms with E-state index in [0.717, 1.165) is 0 Å². The van der Waals surface area contributed by atoms with Crippen molar-refractivity contribution in [3.05, 3.63) is 64.0 Å². The highest BCUT2D eigenvalue weighted by atomic mass is 35.5. The zero-order valence-electron chi connectivity index (χ0n) is 9.90. The van der Waals surface area contributed by atoms with E-state index in [1.165, 1.54) is 6.08 Å². The number of rotatable bonds is 4. The number of halogens is 2. The summed E-state index contributed by atoms with van der Waals surface area (Å²) in [6, 6.07) is 8.80. The smallest absolute Gasteiger partial charge is 0.244 e. The topological polar surface area (TPSA) is 42.2 Å². The minimum atomic E-state index is -0.229. The number of nitrogens with one attached hydrogen (secondary N) is 1. The molecule has 0 saturated carbocycles. The van der Waals surface area contributed by atoms with Crippen LogP contribution in [0.3, 0.4) is 0 Å². The van der Waals surface area contributed by atoms with E-state index >= 15 is 0 Å². The van der Waals surface area contributed by atoms with Crippen LogP contribution in [0.4, 0.5) is 0 Å². The first-order chi connectivity index (χ1) is 9.16. The maximum absolute atomic E-state index is 11.6. The second-order valence-electron chi connectivity index (χ2n) is 3.77. The van der Waals surface area contributed by atoms with Gasteiger partial charge in [0.15, 0.2) is 0 Å². The van der Waals surface area contributed by atoms with Crippen molar-refractivity contribution < 1.29 is 9.21 Å². The van der Waals surface area contributed by atoms with Gasteiger partial charge in [-0.1, -0.05) is 35.3 Å². The highest BCUT2D eigenvalue weighted by Gasteiger charge is 2.02. The van der Waals surface area contributed by atoms with Crippen molar-refractivity contribution in [2.45, 2.75) is 6.54 Å².